The largest absolute Gasteiger partial charge is 0.0622 e. The van der Waals surface area contributed by atoms with Crippen LogP contribution in [0.4, 0.5) is 0 Å². The van der Waals surface area contributed by atoms with Gasteiger partial charge in [-0.15, -0.1) is 0 Å². The molecule has 22 aromatic carbocycles. The molecule has 22 rings (SSSR count). The molecule has 0 saturated carbocycles. The van der Waals surface area contributed by atoms with Crippen LogP contribution in [0.1, 0.15) is 50.1 Å². The highest BCUT2D eigenvalue weighted by Crippen LogP contribution is 2.39. The van der Waals surface area contributed by atoms with Gasteiger partial charge in [0.15, 0.2) is 0 Å². The molecular weight excluding hydrogens is 1480 g/mol. The normalized spacial score (nSPS) is 10.5. The lowest BCUT2D eigenvalue weighted by atomic mass is 9.89. The fourth-order valence-corrected chi connectivity index (χ4v) is 15.9. The molecule has 0 saturated heterocycles. The summed E-state index contributed by atoms with van der Waals surface area (Å²) in [4.78, 5) is 0. The Morgan fingerprint density at radius 2 is 0.423 bits per heavy atom. The maximum absolute atomic E-state index is 2.26. The molecule has 0 bridgehead atoms. The molecule has 0 heterocycles. The van der Waals surface area contributed by atoms with Crippen LogP contribution in [0.15, 0.2) is 479 Å². The minimum absolute atomic E-state index is 1.28. The molecular formula is C123H106. The minimum atomic E-state index is 1.28. The van der Waals surface area contributed by atoms with Crippen LogP contribution in [-0.2, 0) is 0 Å². The van der Waals surface area contributed by atoms with Gasteiger partial charge in [0.2, 0.25) is 0 Å². The molecule has 0 radical (unpaired) electrons. The van der Waals surface area contributed by atoms with Crippen LogP contribution in [0.2, 0.25) is 0 Å². The minimum Gasteiger partial charge on any atom is -0.0622 e. The number of benzene rings is 22. The van der Waals surface area contributed by atoms with Gasteiger partial charge < -0.3 is 0 Å². The Morgan fingerprint density at radius 3 is 0.935 bits per heavy atom. The van der Waals surface area contributed by atoms with Gasteiger partial charge in [-0.3, -0.25) is 0 Å². The zero-order valence-electron chi connectivity index (χ0n) is 72.1. The van der Waals surface area contributed by atoms with Crippen molar-refractivity contribution in [2.24, 2.45) is 0 Å². The molecule has 0 heteroatoms. The van der Waals surface area contributed by atoms with Crippen molar-refractivity contribution in [2.75, 3.05) is 0 Å². The maximum atomic E-state index is 2.26. The van der Waals surface area contributed by atoms with E-state index in [4.69, 9.17) is 0 Å². The molecule has 123 heavy (non-hydrogen) atoms. The van der Waals surface area contributed by atoms with Crippen molar-refractivity contribution in [2.45, 2.75) is 62.3 Å². The third kappa shape index (κ3) is 22.4. The first-order valence-corrected chi connectivity index (χ1v) is 42.7. The van der Waals surface area contributed by atoms with Crippen LogP contribution in [0, 0.1) is 62.3 Å². The third-order valence-corrected chi connectivity index (χ3v) is 22.5. The van der Waals surface area contributed by atoms with Crippen molar-refractivity contribution in [3.63, 3.8) is 0 Å². The van der Waals surface area contributed by atoms with Crippen molar-refractivity contribution in [1.29, 1.82) is 0 Å². The van der Waals surface area contributed by atoms with E-state index in [2.05, 4.69) is 511 Å². The molecule has 0 spiro atoms. The van der Waals surface area contributed by atoms with Gasteiger partial charge in [-0.2, -0.15) is 0 Å². The summed E-state index contributed by atoms with van der Waals surface area (Å²) in [5.41, 5.74) is 22.4. The van der Waals surface area contributed by atoms with Gasteiger partial charge in [0.25, 0.3) is 0 Å². The molecule has 0 N–H and O–H groups in total. The van der Waals surface area contributed by atoms with Crippen molar-refractivity contribution in [3.05, 3.63) is 529 Å². The summed E-state index contributed by atoms with van der Waals surface area (Å²) in [6.07, 6.45) is 0. The summed E-state index contributed by atoms with van der Waals surface area (Å²) in [5.74, 6) is 0. The number of hydrogen-bond donors (Lipinski definition) is 0. The van der Waals surface area contributed by atoms with Crippen LogP contribution in [0.3, 0.4) is 0 Å². The Labute approximate surface area is 728 Å². The standard InChI is InChI=1S/C21H16.C17H14.2C15H12.2C13H12.2C11H10.C7H8/c1-15-17-11-5-7-13-19(17)21(16-9-3-2-4-10-16)20-14-8-6-12-18(15)20;1-13-11-12-16(14-7-3-2-4-8-14)17-10-6-5-9-15(13)17;1-11-14-8-4-2-6-12(14)10-13-7-3-5-9-15(11)13;1-11-6-7-14-9-12-4-2-3-5-13(12)10-15(14)8-11;1-11-6-5-9-13(10-11)12-7-3-2-4-8-12;1-11-7-9-13(10-8-11)12-5-3-2-4-6-12;1-9-5-4-7-10-6-2-3-8-11(9)10;1-9-6-7-10-4-2-3-5-11(10)8-9;1-7-5-3-2-4-6-7/h2-14H,1H3;2-12H,1H3;2*2-10H,1H3;2*2-10H,1H3;2*2-8H,1H3;2-6H,1H3. The first-order valence-electron chi connectivity index (χ1n) is 42.7. The van der Waals surface area contributed by atoms with Crippen molar-refractivity contribution in [3.8, 4) is 44.5 Å². The van der Waals surface area contributed by atoms with Gasteiger partial charge in [0, 0.05) is 0 Å². The zero-order chi connectivity index (χ0) is 85.1. The molecule has 0 nitrogen and oxygen atoms in total. The van der Waals surface area contributed by atoms with Gasteiger partial charge in [-0.05, 0) is 244 Å². The van der Waals surface area contributed by atoms with E-state index in [1.54, 1.807) is 0 Å². The fourth-order valence-electron chi connectivity index (χ4n) is 15.9. The second kappa shape index (κ2) is 42.2. The molecule has 0 aliphatic carbocycles. The van der Waals surface area contributed by atoms with Crippen LogP contribution in [-0.4, -0.2) is 0 Å². The monoisotopic (exact) mass is 1580 g/mol. The molecule has 598 valence electrons. The van der Waals surface area contributed by atoms with Crippen LogP contribution >= 0.6 is 0 Å². The van der Waals surface area contributed by atoms with E-state index in [1.807, 2.05) is 30.3 Å². The average molecular weight is 1580 g/mol. The zero-order valence-corrected chi connectivity index (χ0v) is 72.1. The Balaban J connectivity index is 0.000000114. The third-order valence-electron chi connectivity index (χ3n) is 22.5. The predicted molar refractivity (Wildman–Crippen MR) is 540 cm³/mol. The van der Waals surface area contributed by atoms with Gasteiger partial charge >= 0.3 is 0 Å². The number of aryl methyl sites for hydroxylation is 9. The fraction of sp³-hybridized carbons (Fsp3) is 0.0732. The predicted octanol–water partition coefficient (Wildman–Crippen LogP) is 35.0. The summed E-state index contributed by atoms with van der Waals surface area (Å²) in [5, 5.41) is 24.0. The Kier molecular flexibility index (Phi) is 29.0. The van der Waals surface area contributed by atoms with Crippen molar-refractivity contribution >= 4 is 97.0 Å². The SMILES string of the molecule is Cc1c2ccccc2c(-c2ccccc2)c2ccccc12.Cc1c2ccccc2cc2ccccc12.Cc1ccc(-c2ccccc2)c2ccccc12.Cc1ccc(-c2ccccc2)cc1.Cc1ccc2cc3ccccc3cc2c1.Cc1ccc2ccccc2c1.Cc1cccc(-c2ccccc2)c1.Cc1cccc2ccccc12.Cc1ccccc1. The van der Waals surface area contributed by atoms with Gasteiger partial charge in [-0.25, -0.2) is 0 Å². The second-order valence-corrected chi connectivity index (χ2v) is 31.6. The van der Waals surface area contributed by atoms with Gasteiger partial charge in [0.05, 0.1) is 0 Å². The summed E-state index contributed by atoms with van der Waals surface area (Å²) in [6.45, 7) is 19.3. The molecule has 0 aromatic heterocycles. The molecule has 0 amide bonds. The first-order chi connectivity index (χ1) is 60.3. The van der Waals surface area contributed by atoms with E-state index in [0.717, 1.165) is 0 Å². The first kappa shape index (κ1) is 84.6. The van der Waals surface area contributed by atoms with Gasteiger partial charge in [-0.1, -0.05) is 489 Å². The van der Waals surface area contributed by atoms with Crippen molar-refractivity contribution < 1.29 is 0 Å². The summed E-state index contributed by atoms with van der Waals surface area (Å²) < 4.78 is 0. The van der Waals surface area contributed by atoms with Crippen molar-refractivity contribution in [1.82, 2.24) is 0 Å². The van der Waals surface area contributed by atoms with E-state index < -0.39 is 0 Å². The van der Waals surface area contributed by atoms with E-state index in [-0.39, 0.29) is 0 Å². The second-order valence-electron chi connectivity index (χ2n) is 31.6. The average Bonchev–Trinajstić information content (AvgIpc) is 0.751. The Bertz CT molecular complexity index is 7050. The molecule has 22 aromatic rings. The van der Waals surface area contributed by atoms with Crippen LogP contribution in [0.5, 0.6) is 0 Å². The summed E-state index contributed by atoms with van der Waals surface area (Å²) in [6, 6.07) is 169. The van der Waals surface area contributed by atoms with E-state index >= 15 is 0 Å². The maximum Gasteiger partial charge on any atom is -0.00266 e. The topological polar surface area (TPSA) is 0 Å². The lowest BCUT2D eigenvalue weighted by Gasteiger charge is -2.15. The number of rotatable bonds is 4. The molecule has 0 atom stereocenters. The highest BCUT2D eigenvalue weighted by Gasteiger charge is 2.13. The summed E-state index contributed by atoms with van der Waals surface area (Å²) in [7, 11) is 0. The number of hydrogen-bond acceptors (Lipinski definition) is 0. The highest BCUT2D eigenvalue weighted by molar-refractivity contribution is 6.15. The van der Waals surface area contributed by atoms with E-state index in [0.29, 0.717) is 0 Å². The quantitative estimate of drug-likeness (QED) is 0.154. The Morgan fingerprint density at radius 1 is 0.122 bits per heavy atom. The lowest BCUT2D eigenvalue weighted by molar-refractivity contribution is 1.47. The smallest absolute Gasteiger partial charge is 0.00266 e. The van der Waals surface area contributed by atoms with Gasteiger partial charge in [0.1, 0.15) is 0 Å². The van der Waals surface area contributed by atoms with E-state index in [1.165, 1.54) is 192 Å². The van der Waals surface area contributed by atoms with E-state index in [9.17, 15) is 0 Å². The highest BCUT2D eigenvalue weighted by atomic mass is 14.2. The molecule has 0 aliphatic heterocycles. The lowest BCUT2D eigenvalue weighted by Crippen LogP contribution is -1.88. The molecule has 0 aliphatic rings. The molecule has 0 unspecified atom stereocenters. The summed E-state index contributed by atoms with van der Waals surface area (Å²) >= 11 is 0. The van der Waals surface area contributed by atoms with Crippen LogP contribution < -0.4 is 0 Å². The van der Waals surface area contributed by atoms with Crippen LogP contribution in [0.25, 0.3) is 141 Å². The molecule has 0 fully saturated rings. The Hall–Kier alpha value is -14.8. The number of fused-ring (bicyclic) bond motifs is 9.